The highest BCUT2D eigenvalue weighted by Gasteiger charge is 2.11. The second-order valence-electron chi connectivity index (χ2n) is 4.82. The third-order valence-corrected chi connectivity index (χ3v) is 3.84. The van der Waals surface area contributed by atoms with Gasteiger partial charge in [0.15, 0.2) is 0 Å². The highest BCUT2D eigenvalue weighted by molar-refractivity contribution is 6.35. The second-order valence-corrected chi connectivity index (χ2v) is 5.66. The molecule has 0 saturated heterocycles. The third kappa shape index (κ3) is 3.36. The second kappa shape index (κ2) is 6.40. The lowest BCUT2D eigenvalue weighted by Crippen LogP contribution is -2.02. The molecule has 1 N–H and O–H groups in total. The van der Waals surface area contributed by atoms with Gasteiger partial charge in [-0.3, -0.25) is 9.67 Å². The molecule has 0 unspecified atom stereocenters. The van der Waals surface area contributed by atoms with Crippen molar-refractivity contribution in [2.45, 2.75) is 6.54 Å². The fourth-order valence-electron chi connectivity index (χ4n) is 2.23. The number of hydrogen-bond donors (Lipinski definition) is 1. The first-order valence-corrected chi connectivity index (χ1v) is 7.46. The number of rotatable bonds is 4. The maximum Gasteiger partial charge on any atom is 0.328 e. The van der Waals surface area contributed by atoms with Crippen molar-refractivity contribution in [3.63, 3.8) is 0 Å². The molecular formula is C16H11Cl2N3O2. The maximum absolute atomic E-state index is 10.7. The van der Waals surface area contributed by atoms with Crippen LogP contribution in [0.15, 0.2) is 42.6 Å². The van der Waals surface area contributed by atoms with Crippen molar-refractivity contribution in [1.82, 2.24) is 14.8 Å². The van der Waals surface area contributed by atoms with Crippen LogP contribution in [-0.4, -0.2) is 25.8 Å². The minimum absolute atomic E-state index is 0.430. The summed E-state index contributed by atoms with van der Waals surface area (Å²) >= 11 is 12.1. The third-order valence-electron chi connectivity index (χ3n) is 3.25. The first kappa shape index (κ1) is 15.5. The highest BCUT2D eigenvalue weighted by atomic mass is 35.5. The first-order valence-electron chi connectivity index (χ1n) is 6.71. The molecule has 0 amide bonds. The van der Waals surface area contributed by atoms with E-state index in [0.717, 1.165) is 17.2 Å². The largest absolute Gasteiger partial charge is 0.478 e. The standard InChI is InChI=1S/C16H11Cl2N3O2/c17-11-4-3-10(12(18)8-11)9-21-14-2-1-7-19-16(14)13(20-21)5-6-15(22)23/h1-8H,9H2,(H,22,23)/b6-5+. The van der Waals surface area contributed by atoms with Crippen LogP contribution < -0.4 is 0 Å². The van der Waals surface area contributed by atoms with Crippen molar-refractivity contribution in [3.8, 4) is 0 Å². The topological polar surface area (TPSA) is 68.0 Å². The Bertz CT molecular complexity index is 919. The smallest absolute Gasteiger partial charge is 0.328 e. The molecule has 116 valence electrons. The van der Waals surface area contributed by atoms with Crippen LogP contribution in [0.2, 0.25) is 10.0 Å². The Morgan fingerprint density at radius 3 is 2.87 bits per heavy atom. The number of aromatic nitrogens is 3. The molecule has 0 bridgehead atoms. The first-order chi connectivity index (χ1) is 11.0. The van der Waals surface area contributed by atoms with Crippen LogP contribution in [0.3, 0.4) is 0 Å². The average molecular weight is 348 g/mol. The maximum atomic E-state index is 10.7. The van der Waals surface area contributed by atoms with E-state index in [1.807, 2.05) is 12.1 Å². The molecule has 0 radical (unpaired) electrons. The Balaban J connectivity index is 2.05. The van der Waals surface area contributed by atoms with Gasteiger partial charge in [-0.2, -0.15) is 5.10 Å². The predicted octanol–water partition coefficient (Wildman–Crippen LogP) is 3.88. The summed E-state index contributed by atoms with van der Waals surface area (Å²) in [5.74, 6) is -1.04. The molecular weight excluding hydrogens is 337 g/mol. The van der Waals surface area contributed by atoms with Gasteiger partial charge in [-0.25, -0.2) is 4.79 Å². The Morgan fingerprint density at radius 2 is 2.13 bits per heavy atom. The van der Waals surface area contributed by atoms with Crippen molar-refractivity contribution in [2.24, 2.45) is 0 Å². The van der Waals surface area contributed by atoms with Gasteiger partial charge in [0.1, 0.15) is 11.2 Å². The fraction of sp³-hybridized carbons (Fsp3) is 0.0625. The zero-order valence-corrected chi connectivity index (χ0v) is 13.3. The molecule has 0 aliphatic carbocycles. The number of pyridine rings is 1. The summed E-state index contributed by atoms with van der Waals surface area (Å²) in [5.41, 5.74) is 2.78. The van der Waals surface area contributed by atoms with Gasteiger partial charge in [0.2, 0.25) is 0 Å². The average Bonchev–Trinajstić information content (AvgIpc) is 2.86. The molecule has 0 aliphatic rings. The van der Waals surface area contributed by atoms with Crippen LogP contribution in [0.25, 0.3) is 17.1 Å². The van der Waals surface area contributed by atoms with Gasteiger partial charge < -0.3 is 5.11 Å². The molecule has 1 aromatic carbocycles. The number of carboxylic acids is 1. The zero-order chi connectivity index (χ0) is 16.4. The van der Waals surface area contributed by atoms with E-state index in [4.69, 9.17) is 28.3 Å². The number of carboxylic acid groups (broad SMARTS) is 1. The number of halogens is 2. The molecule has 7 heteroatoms. The van der Waals surface area contributed by atoms with Crippen LogP contribution in [0.5, 0.6) is 0 Å². The Hall–Kier alpha value is -2.37. The SMILES string of the molecule is O=C(O)/C=C/c1nn(Cc2ccc(Cl)cc2Cl)c2cccnc12. The molecule has 5 nitrogen and oxygen atoms in total. The molecule has 0 fully saturated rings. The summed E-state index contributed by atoms with van der Waals surface area (Å²) in [7, 11) is 0. The van der Waals surface area contributed by atoms with Gasteiger partial charge in [-0.1, -0.05) is 29.3 Å². The van der Waals surface area contributed by atoms with Crippen LogP contribution in [0.1, 0.15) is 11.3 Å². The number of carbonyl (C=O) groups is 1. The molecule has 23 heavy (non-hydrogen) atoms. The van der Waals surface area contributed by atoms with E-state index in [0.29, 0.717) is 27.8 Å². The minimum atomic E-state index is -1.04. The number of nitrogens with zero attached hydrogens (tertiary/aromatic N) is 3. The van der Waals surface area contributed by atoms with Gasteiger partial charge in [-0.15, -0.1) is 0 Å². The van der Waals surface area contributed by atoms with E-state index in [2.05, 4.69) is 10.1 Å². The lowest BCUT2D eigenvalue weighted by atomic mass is 10.2. The van der Waals surface area contributed by atoms with Crippen molar-refractivity contribution in [3.05, 3.63) is 63.9 Å². The number of aliphatic carboxylic acids is 1. The summed E-state index contributed by atoms with van der Waals surface area (Å²) in [4.78, 5) is 15.0. The summed E-state index contributed by atoms with van der Waals surface area (Å²) in [5, 5.41) is 14.3. The lowest BCUT2D eigenvalue weighted by Gasteiger charge is -2.06. The summed E-state index contributed by atoms with van der Waals surface area (Å²) in [6, 6.07) is 8.94. The quantitative estimate of drug-likeness (QED) is 0.727. The van der Waals surface area contributed by atoms with Gasteiger partial charge in [0, 0.05) is 22.3 Å². The normalized spacial score (nSPS) is 11.4. The van der Waals surface area contributed by atoms with E-state index in [9.17, 15) is 4.79 Å². The van der Waals surface area contributed by atoms with Crippen molar-refractivity contribution in [2.75, 3.05) is 0 Å². The van der Waals surface area contributed by atoms with E-state index in [1.54, 1.807) is 29.1 Å². The van der Waals surface area contributed by atoms with Gasteiger partial charge in [-0.05, 0) is 35.9 Å². The molecule has 3 aromatic rings. The molecule has 0 aliphatic heterocycles. The molecule has 0 spiro atoms. The summed E-state index contributed by atoms with van der Waals surface area (Å²) < 4.78 is 1.74. The van der Waals surface area contributed by atoms with E-state index in [-0.39, 0.29) is 0 Å². The Morgan fingerprint density at radius 1 is 1.30 bits per heavy atom. The molecule has 0 atom stereocenters. The number of benzene rings is 1. The van der Waals surface area contributed by atoms with Gasteiger partial charge in [0.25, 0.3) is 0 Å². The van der Waals surface area contributed by atoms with E-state index in [1.165, 1.54) is 6.08 Å². The number of hydrogen-bond acceptors (Lipinski definition) is 3. The van der Waals surface area contributed by atoms with E-state index >= 15 is 0 Å². The fourth-order valence-corrected chi connectivity index (χ4v) is 2.70. The van der Waals surface area contributed by atoms with Gasteiger partial charge in [0.05, 0.1) is 12.1 Å². The molecule has 3 rings (SSSR count). The van der Waals surface area contributed by atoms with Crippen LogP contribution in [0.4, 0.5) is 0 Å². The minimum Gasteiger partial charge on any atom is -0.478 e. The zero-order valence-electron chi connectivity index (χ0n) is 11.8. The monoisotopic (exact) mass is 347 g/mol. The highest BCUT2D eigenvalue weighted by Crippen LogP contribution is 2.24. The molecule has 0 saturated carbocycles. The van der Waals surface area contributed by atoms with Crippen molar-refractivity contribution in [1.29, 1.82) is 0 Å². The van der Waals surface area contributed by atoms with Gasteiger partial charge >= 0.3 is 5.97 Å². The van der Waals surface area contributed by atoms with Crippen molar-refractivity contribution >= 4 is 46.3 Å². The summed E-state index contributed by atoms with van der Waals surface area (Å²) in [6.45, 7) is 0.430. The Kier molecular flexibility index (Phi) is 4.32. The van der Waals surface area contributed by atoms with Crippen molar-refractivity contribution < 1.29 is 9.90 Å². The van der Waals surface area contributed by atoms with E-state index < -0.39 is 5.97 Å². The van der Waals surface area contributed by atoms with Crippen LogP contribution >= 0.6 is 23.2 Å². The summed E-state index contributed by atoms with van der Waals surface area (Å²) in [6.07, 6.45) is 4.11. The Labute approximate surface area is 141 Å². The molecule has 2 aromatic heterocycles. The predicted molar refractivity (Wildman–Crippen MR) is 89.8 cm³/mol. The molecule has 2 heterocycles. The van der Waals surface area contributed by atoms with Crippen LogP contribution in [0, 0.1) is 0 Å². The lowest BCUT2D eigenvalue weighted by molar-refractivity contribution is -0.131. The number of fused-ring (bicyclic) bond motifs is 1. The van der Waals surface area contributed by atoms with Crippen LogP contribution in [-0.2, 0) is 11.3 Å².